The van der Waals surface area contributed by atoms with E-state index in [2.05, 4.69) is 0 Å². The molecule has 1 amide bonds. The Morgan fingerprint density at radius 1 is 1.48 bits per heavy atom. The molecule has 2 rings (SSSR count). The molecule has 1 heterocycles. The van der Waals surface area contributed by atoms with E-state index >= 15 is 0 Å². The molecule has 0 aliphatic carbocycles. The Balaban J connectivity index is 1.92. The van der Waals surface area contributed by atoms with E-state index in [9.17, 15) is 9.18 Å². The smallest absolute Gasteiger partial charge is 0.226 e. The van der Waals surface area contributed by atoms with Crippen LogP contribution in [0.25, 0.3) is 0 Å². The molecule has 1 saturated heterocycles. The van der Waals surface area contributed by atoms with Crippen LogP contribution in [0, 0.1) is 11.7 Å². The van der Waals surface area contributed by atoms with Crippen LogP contribution < -0.4 is 10.5 Å². The first-order valence-corrected chi connectivity index (χ1v) is 7.37. The average Bonchev–Trinajstić information content (AvgIpc) is 2.47. The predicted molar refractivity (Wildman–Crippen MR) is 79.6 cm³/mol. The van der Waals surface area contributed by atoms with Gasteiger partial charge in [-0.3, -0.25) is 4.79 Å². The third-order valence-corrected chi connectivity index (χ3v) is 4.21. The highest BCUT2D eigenvalue weighted by Gasteiger charge is 2.24. The number of halogens is 1. The van der Waals surface area contributed by atoms with E-state index in [-0.39, 0.29) is 24.1 Å². The first kappa shape index (κ1) is 15.8. The number of carbonyl (C=O) groups is 1. The molecule has 1 aliphatic rings. The average molecular weight is 294 g/mol. The number of ether oxygens (including phenoxy) is 1. The van der Waals surface area contributed by atoms with Gasteiger partial charge >= 0.3 is 0 Å². The summed E-state index contributed by atoms with van der Waals surface area (Å²) in [5.41, 5.74) is 6.57. The highest BCUT2D eigenvalue weighted by molar-refractivity contribution is 5.78. The van der Waals surface area contributed by atoms with Crippen molar-refractivity contribution in [3.05, 3.63) is 29.6 Å². The number of amides is 1. The maximum atomic E-state index is 13.6. The molecule has 1 aliphatic heterocycles. The highest BCUT2D eigenvalue weighted by Crippen LogP contribution is 2.21. The van der Waals surface area contributed by atoms with Gasteiger partial charge in [-0.05, 0) is 43.4 Å². The van der Waals surface area contributed by atoms with Crippen molar-refractivity contribution < 1.29 is 13.9 Å². The van der Waals surface area contributed by atoms with Crippen molar-refractivity contribution in [1.29, 1.82) is 0 Å². The van der Waals surface area contributed by atoms with E-state index in [0.29, 0.717) is 11.5 Å². The number of nitrogens with two attached hydrogens (primary N) is 1. The fourth-order valence-corrected chi connectivity index (χ4v) is 2.78. The Hall–Kier alpha value is -1.62. The van der Waals surface area contributed by atoms with Gasteiger partial charge < -0.3 is 15.4 Å². The Morgan fingerprint density at radius 3 is 2.67 bits per heavy atom. The molecule has 4 nitrogen and oxygen atoms in total. The zero-order valence-electron chi connectivity index (χ0n) is 12.6. The molecule has 1 fully saturated rings. The lowest BCUT2D eigenvalue weighted by Gasteiger charge is -2.33. The summed E-state index contributed by atoms with van der Waals surface area (Å²) in [6, 6.07) is 4.83. The van der Waals surface area contributed by atoms with Crippen LogP contribution in [-0.4, -0.2) is 37.0 Å². The normalized spacial score (nSPS) is 17.6. The van der Waals surface area contributed by atoms with Crippen LogP contribution >= 0.6 is 0 Å². The number of carbonyl (C=O) groups excluding carboxylic acids is 1. The van der Waals surface area contributed by atoms with Gasteiger partial charge in [-0.25, -0.2) is 4.39 Å². The monoisotopic (exact) mass is 294 g/mol. The number of nitrogens with zero attached hydrogens (tertiary/aromatic N) is 1. The van der Waals surface area contributed by atoms with E-state index in [4.69, 9.17) is 10.5 Å². The van der Waals surface area contributed by atoms with Gasteiger partial charge in [0.15, 0.2) is 11.6 Å². The summed E-state index contributed by atoms with van der Waals surface area (Å²) in [6.07, 6.45) is 2.12. The molecule has 0 radical (unpaired) electrons. The lowest BCUT2D eigenvalue weighted by molar-refractivity contribution is -0.131. The fraction of sp³-hybridized carbons (Fsp3) is 0.562. The van der Waals surface area contributed by atoms with E-state index in [1.807, 2.05) is 11.8 Å². The minimum Gasteiger partial charge on any atom is -0.494 e. The number of methoxy groups -OCH3 is 1. The fourth-order valence-electron chi connectivity index (χ4n) is 2.78. The summed E-state index contributed by atoms with van der Waals surface area (Å²) in [7, 11) is 1.42. The van der Waals surface area contributed by atoms with Gasteiger partial charge in [-0.1, -0.05) is 6.07 Å². The van der Waals surface area contributed by atoms with E-state index in [0.717, 1.165) is 25.9 Å². The van der Waals surface area contributed by atoms with Crippen LogP contribution in [0.5, 0.6) is 5.75 Å². The van der Waals surface area contributed by atoms with Crippen molar-refractivity contribution in [2.45, 2.75) is 32.2 Å². The van der Waals surface area contributed by atoms with Gasteiger partial charge in [-0.2, -0.15) is 0 Å². The lowest BCUT2D eigenvalue weighted by atomic mass is 9.91. The maximum Gasteiger partial charge on any atom is 0.226 e. The lowest BCUT2D eigenvalue weighted by Crippen LogP contribution is -2.43. The Bertz CT molecular complexity index is 497. The third-order valence-electron chi connectivity index (χ3n) is 4.21. The molecule has 1 aromatic rings. The Kier molecular flexibility index (Phi) is 5.17. The van der Waals surface area contributed by atoms with E-state index in [1.54, 1.807) is 12.1 Å². The summed E-state index contributed by atoms with van der Waals surface area (Å²) in [5, 5.41) is 0. The molecular formula is C16H23FN2O2. The molecule has 2 N–H and O–H groups in total. The third kappa shape index (κ3) is 3.94. The van der Waals surface area contributed by atoms with Crippen LogP contribution in [0.15, 0.2) is 18.2 Å². The zero-order chi connectivity index (χ0) is 15.4. The predicted octanol–water partition coefficient (Wildman–Crippen LogP) is 1.96. The van der Waals surface area contributed by atoms with Crippen LogP contribution in [0.3, 0.4) is 0 Å². The van der Waals surface area contributed by atoms with Gasteiger partial charge in [-0.15, -0.1) is 0 Å². The maximum absolute atomic E-state index is 13.6. The first-order valence-electron chi connectivity index (χ1n) is 7.37. The molecule has 0 spiro atoms. The van der Waals surface area contributed by atoms with Crippen molar-refractivity contribution in [3.8, 4) is 5.75 Å². The molecule has 1 aromatic carbocycles. The SMILES string of the molecule is COc1ccc(CC(=O)N2CCC(C(C)N)CC2)cc1F. The zero-order valence-corrected chi connectivity index (χ0v) is 12.6. The molecular weight excluding hydrogens is 271 g/mol. The number of hydrogen-bond acceptors (Lipinski definition) is 3. The molecule has 0 bridgehead atoms. The van der Waals surface area contributed by atoms with Crippen LogP contribution in [0.4, 0.5) is 4.39 Å². The largest absolute Gasteiger partial charge is 0.494 e. The number of hydrogen-bond donors (Lipinski definition) is 1. The van der Waals surface area contributed by atoms with Crippen molar-refractivity contribution in [2.75, 3.05) is 20.2 Å². The summed E-state index contributed by atoms with van der Waals surface area (Å²) < 4.78 is 18.5. The summed E-state index contributed by atoms with van der Waals surface area (Å²) in [5.74, 6) is 0.303. The van der Waals surface area contributed by atoms with Crippen LogP contribution in [-0.2, 0) is 11.2 Å². The molecule has 5 heteroatoms. The second-order valence-electron chi connectivity index (χ2n) is 5.72. The molecule has 0 saturated carbocycles. The Morgan fingerprint density at radius 2 is 2.14 bits per heavy atom. The number of benzene rings is 1. The van der Waals surface area contributed by atoms with Gasteiger partial charge in [0.2, 0.25) is 5.91 Å². The number of rotatable bonds is 4. The number of likely N-dealkylation sites (tertiary alicyclic amines) is 1. The minimum absolute atomic E-state index is 0.0442. The van der Waals surface area contributed by atoms with Crippen molar-refractivity contribution in [3.63, 3.8) is 0 Å². The molecule has 116 valence electrons. The number of piperidine rings is 1. The minimum atomic E-state index is -0.432. The van der Waals surface area contributed by atoms with Crippen molar-refractivity contribution >= 4 is 5.91 Å². The second-order valence-corrected chi connectivity index (χ2v) is 5.72. The Labute approximate surface area is 125 Å². The van der Waals surface area contributed by atoms with Gasteiger partial charge in [0.05, 0.1) is 13.5 Å². The van der Waals surface area contributed by atoms with Gasteiger partial charge in [0.25, 0.3) is 0 Å². The molecule has 21 heavy (non-hydrogen) atoms. The van der Waals surface area contributed by atoms with Crippen LogP contribution in [0.1, 0.15) is 25.3 Å². The van der Waals surface area contributed by atoms with E-state index in [1.165, 1.54) is 13.2 Å². The van der Waals surface area contributed by atoms with Crippen molar-refractivity contribution in [1.82, 2.24) is 4.90 Å². The molecule has 1 unspecified atom stereocenters. The highest BCUT2D eigenvalue weighted by atomic mass is 19.1. The quantitative estimate of drug-likeness (QED) is 0.923. The van der Waals surface area contributed by atoms with Gasteiger partial charge in [0.1, 0.15) is 0 Å². The van der Waals surface area contributed by atoms with E-state index < -0.39 is 5.82 Å². The molecule has 1 atom stereocenters. The second kappa shape index (κ2) is 6.89. The molecule has 0 aromatic heterocycles. The van der Waals surface area contributed by atoms with Gasteiger partial charge in [0, 0.05) is 19.1 Å². The summed E-state index contributed by atoms with van der Waals surface area (Å²) >= 11 is 0. The van der Waals surface area contributed by atoms with Crippen LogP contribution in [0.2, 0.25) is 0 Å². The van der Waals surface area contributed by atoms with Crippen molar-refractivity contribution in [2.24, 2.45) is 11.7 Å². The summed E-state index contributed by atoms with van der Waals surface area (Å²) in [4.78, 5) is 14.1. The summed E-state index contributed by atoms with van der Waals surface area (Å²) in [6.45, 7) is 3.50. The topological polar surface area (TPSA) is 55.6 Å². The standard InChI is InChI=1S/C16H23FN2O2/c1-11(18)13-5-7-19(8-6-13)16(20)10-12-3-4-15(21-2)14(17)9-12/h3-4,9,11,13H,5-8,10,18H2,1-2H3. The first-order chi connectivity index (χ1) is 10.0.